The summed E-state index contributed by atoms with van der Waals surface area (Å²) in [6, 6.07) is 14.8. The Morgan fingerprint density at radius 1 is 1.21 bits per heavy atom. The Hall–Kier alpha value is -2.07. The maximum Gasteiger partial charge on any atom is 0.251 e. The molecule has 122 valence electrons. The van der Waals surface area contributed by atoms with E-state index in [1.54, 1.807) is 7.05 Å². The average molecular weight is 383 g/mol. The van der Waals surface area contributed by atoms with E-state index in [4.69, 9.17) is 0 Å². The second-order valence-corrected chi connectivity index (χ2v) is 7.32. The van der Waals surface area contributed by atoms with Crippen LogP contribution in [0.3, 0.4) is 0 Å². The van der Waals surface area contributed by atoms with E-state index in [1.165, 1.54) is 11.1 Å². The Kier molecular flexibility index (Phi) is 3.93. The minimum absolute atomic E-state index is 0.0358. The smallest absolute Gasteiger partial charge is 0.251 e. The monoisotopic (exact) mass is 382 g/mol. The highest BCUT2D eigenvalue weighted by Gasteiger charge is 2.38. The van der Waals surface area contributed by atoms with Crippen LogP contribution in [-0.2, 0) is 0 Å². The lowest BCUT2D eigenvalue weighted by atomic mass is 9.76. The van der Waals surface area contributed by atoms with Gasteiger partial charge in [-0.2, -0.15) is 0 Å². The molecule has 2 aromatic rings. The van der Waals surface area contributed by atoms with Gasteiger partial charge in [0, 0.05) is 28.7 Å². The summed E-state index contributed by atoms with van der Waals surface area (Å²) in [4.78, 5) is 12.0. The first-order valence-corrected chi connectivity index (χ1v) is 9.01. The molecule has 1 heterocycles. The molecule has 24 heavy (non-hydrogen) atoms. The fourth-order valence-corrected chi connectivity index (χ4v) is 4.14. The number of hydrogen-bond donors (Lipinski definition) is 2. The van der Waals surface area contributed by atoms with Crippen LogP contribution in [0.4, 0.5) is 5.69 Å². The molecule has 0 aromatic heterocycles. The van der Waals surface area contributed by atoms with Gasteiger partial charge in [0.2, 0.25) is 0 Å². The number of fused-ring (bicyclic) bond motifs is 3. The second kappa shape index (κ2) is 6.10. The molecule has 0 radical (unpaired) electrons. The molecule has 3 nitrogen and oxygen atoms in total. The van der Waals surface area contributed by atoms with Crippen molar-refractivity contribution < 1.29 is 4.79 Å². The maximum absolute atomic E-state index is 12.0. The number of allylic oxidation sites excluding steroid dienone is 2. The Morgan fingerprint density at radius 2 is 2.00 bits per heavy atom. The van der Waals surface area contributed by atoms with Crippen LogP contribution in [0, 0.1) is 5.92 Å². The quantitative estimate of drug-likeness (QED) is 0.743. The average Bonchev–Trinajstić information content (AvgIpc) is 3.11. The van der Waals surface area contributed by atoms with Crippen LogP contribution in [0.25, 0.3) is 0 Å². The number of hydrogen-bond acceptors (Lipinski definition) is 2. The molecule has 1 aliphatic heterocycles. The summed E-state index contributed by atoms with van der Waals surface area (Å²) in [5.74, 6) is 0.810. The largest absolute Gasteiger partial charge is 0.378 e. The summed E-state index contributed by atoms with van der Waals surface area (Å²) in [6.45, 7) is 0. The first kappa shape index (κ1) is 15.5. The second-order valence-electron chi connectivity index (χ2n) is 6.41. The molecule has 4 heteroatoms. The first-order valence-electron chi connectivity index (χ1n) is 8.22. The van der Waals surface area contributed by atoms with Crippen molar-refractivity contribution in [3.63, 3.8) is 0 Å². The van der Waals surface area contributed by atoms with Crippen LogP contribution in [0.15, 0.2) is 59.1 Å². The highest BCUT2D eigenvalue weighted by atomic mass is 79.9. The van der Waals surface area contributed by atoms with Crippen molar-refractivity contribution in [2.24, 2.45) is 5.92 Å². The van der Waals surface area contributed by atoms with Crippen LogP contribution in [0.5, 0.6) is 0 Å². The number of amides is 1. The summed E-state index contributed by atoms with van der Waals surface area (Å²) in [5, 5.41) is 6.41. The topological polar surface area (TPSA) is 41.1 Å². The summed E-state index contributed by atoms with van der Waals surface area (Å²) in [6.07, 6.45) is 5.62. The number of carbonyl (C=O) groups excluding carboxylic acids is 1. The molecular formula is C20H19BrN2O. The summed E-state index contributed by atoms with van der Waals surface area (Å²) < 4.78 is 1.10. The number of benzene rings is 2. The molecule has 1 aliphatic carbocycles. The van der Waals surface area contributed by atoms with Gasteiger partial charge in [-0.1, -0.05) is 40.2 Å². The van der Waals surface area contributed by atoms with Crippen molar-refractivity contribution in [1.82, 2.24) is 5.32 Å². The van der Waals surface area contributed by atoms with Gasteiger partial charge in [0.25, 0.3) is 5.91 Å². The van der Waals surface area contributed by atoms with E-state index < -0.39 is 0 Å². The fourth-order valence-electron chi connectivity index (χ4n) is 3.88. The molecule has 4 rings (SSSR count). The molecule has 2 aromatic carbocycles. The van der Waals surface area contributed by atoms with E-state index >= 15 is 0 Å². The predicted octanol–water partition coefficient (Wildman–Crippen LogP) is 4.64. The SMILES string of the molecule is CNC(=O)c1ccc2c(c1)[C@@H]1C=CC[C@H]1[C@@H](c1ccc(Br)cc1)N2. The maximum atomic E-state index is 12.0. The molecule has 0 fully saturated rings. The van der Waals surface area contributed by atoms with E-state index in [-0.39, 0.29) is 11.9 Å². The van der Waals surface area contributed by atoms with E-state index in [2.05, 4.69) is 63.0 Å². The molecule has 1 amide bonds. The van der Waals surface area contributed by atoms with Gasteiger partial charge >= 0.3 is 0 Å². The van der Waals surface area contributed by atoms with Gasteiger partial charge in [0.15, 0.2) is 0 Å². The van der Waals surface area contributed by atoms with Crippen molar-refractivity contribution in [3.8, 4) is 0 Å². The molecule has 0 bridgehead atoms. The van der Waals surface area contributed by atoms with Crippen molar-refractivity contribution in [2.45, 2.75) is 18.4 Å². The predicted molar refractivity (Wildman–Crippen MR) is 100 cm³/mol. The highest BCUT2D eigenvalue weighted by Crippen LogP contribution is 2.49. The molecule has 2 aliphatic rings. The zero-order valence-corrected chi connectivity index (χ0v) is 15.0. The summed E-state index contributed by atoms with van der Waals surface area (Å²) in [7, 11) is 1.67. The molecule has 0 saturated carbocycles. The van der Waals surface area contributed by atoms with E-state index in [9.17, 15) is 4.79 Å². The van der Waals surface area contributed by atoms with Gasteiger partial charge in [0.05, 0.1) is 6.04 Å². The van der Waals surface area contributed by atoms with E-state index in [0.29, 0.717) is 11.8 Å². The summed E-state index contributed by atoms with van der Waals surface area (Å²) in [5.41, 5.74) is 4.38. The minimum atomic E-state index is -0.0358. The fraction of sp³-hybridized carbons (Fsp3) is 0.250. The van der Waals surface area contributed by atoms with Gasteiger partial charge < -0.3 is 10.6 Å². The van der Waals surface area contributed by atoms with Crippen molar-refractivity contribution >= 4 is 27.5 Å². The van der Waals surface area contributed by atoms with Crippen molar-refractivity contribution in [2.75, 3.05) is 12.4 Å². The Morgan fingerprint density at radius 3 is 2.75 bits per heavy atom. The molecule has 0 spiro atoms. The number of rotatable bonds is 2. The number of halogens is 1. The lowest BCUT2D eigenvalue weighted by molar-refractivity contribution is 0.0963. The third-order valence-corrected chi connectivity index (χ3v) is 5.61. The zero-order chi connectivity index (χ0) is 16.7. The number of anilines is 1. The van der Waals surface area contributed by atoms with Crippen LogP contribution >= 0.6 is 15.9 Å². The third kappa shape index (κ3) is 2.55. The van der Waals surface area contributed by atoms with Gasteiger partial charge in [-0.3, -0.25) is 4.79 Å². The van der Waals surface area contributed by atoms with Gasteiger partial charge in [-0.15, -0.1) is 0 Å². The lowest BCUT2D eigenvalue weighted by Crippen LogP contribution is -2.29. The molecule has 3 atom stereocenters. The van der Waals surface area contributed by atoms with Crippen molar-refractivity contribution in [3.05, 3.63) is 75.8 Å². The molecule has 0 unspecified atom stereocenters. The van der Waals surface area contributed by atoms with Crippen LogP contribution < -0.4 is 10.6 Å². The van der Waals surface area contributed by atoms with Crippen molar-refractivity contribution in [1.29, 1.82) is 0 Å². The van der Waals surface area contributed by atoms with Crippen LogP contribution in [0.1, 0.15) is 39.9 Å². The number of nitrogens with one attached hydrogen (secondary N) is 2. The van der Waals surface area contributed by atoms with Gasteiger partial charge in [-0.05, 0) is 53.8 Å². The zero-order valence-electron chi connectivity index (χ0n) is 13.4. The molecule has 2 N–H and O–H groups in total. The Labute approximate surface area is 150 Å². The normalized spacial score (nSPS) is 24.0. The van der Waals surface area contributed by atoms with E-state index in [0.717, 1.165) is 22.1 Å². The first-order chi connectivity index (χ1) is 11.7. The van der Waals surface area contributed by atoms with Gasteiger partial charge in [-0.25, -0.2) is 0 Å². The molecule has 0 saturated heterocycles. The lowest BCUT2D eigenvalue weighted by Gasteiger charge is -2.37. The van der Waals surface area contributed by atoms with Gasteiger partial charge in [0.1, 0.15) is 0 Å². The third-order valence-electron chi connectivity index (χ3n) is 5.08. The van der Waals surface area contributed by atoms with E-state index in [1.807, 2.05) is 18.2 Å². The Balaban J connectivity index is 1.74. The van der Waals surface area contributed by atoms with Crippen LogP contribution in [-0.4, -0.2) is 13.0 Å². The minimum Gasteiger partial charge on any atom is -0.378 e. The van der Waals surface area contributed by atoms with Crippen LogP contribution in [0.2, 0.25) is 0 Å². The number of carbonyl (C=O) groups is 1. The molecular weight excluding hydrogens is 364 g/mol. The standard InChI is InChI=1S/C20H19BrN2O/c1-22-20(24)13-7-10-18-17(11-13)15-3-2-4-16(15)19(23-18)12-5-8-14(21)9-6-12/h2-3,5-11,15-16,19,23H,4H2,1H3,(H,22,24)/t15-,16-,19-/m1/s1. The Bertz CT molecular complexity index is 813. The summed E-state index contributed by atoms with van der Waals surface area (Å²) >= 11 is 3.51. The highest BCUT2D eigenvalue weighted by molar-refractivity contribution is 9.10.